The Balaban J connectivity index is 1.76. The Kier molecular flexibility index (Phi) is 4.87. The van der Waals surface area contributed by atoms with Gasteiger partial charge in [-0.25, -0.2) is 8.42 Å². The van der Waals surface area contributed by atoms with E-state index in [1.54, 1.807) is 35.8 Å². The zero-order chi connectivity index (χ0) is 17.7. The van der Waals surface area contributed by atoms with Crippen molar-refractivity contribution in [2.45, 2.75) is 4.90 Å². The first kappa shape index (κ1) is 16.8. The van der Waals surface area contributed by atoms with E-state index in [0.717, 1.165) is 0 Å². The molecule has 3 rings (SSSR count). The highest BCUT2D eigenvalue weighted by Gasteiger charge is 2.14. The Morgan fingerprint density at radius 1 is 0.760 bits per heavy atom. The van der Waals surface area contributed by atoms with Crippen molar-refractivity contribution in [2.24, 2.45) is 0 Å². The maximum absolute atomic E-state index is 12.4. The fourth-order valence-electron chi connectivity index (χ4n) is 2.17. The SMILES string of the molecule is O=S(=O)(Nc1cccc(N[O-])c1)c1ccc(Oc2ccccc2)cc1. The lowest BCUT2D eigenvalue weighted by Crippen LogP contribution is -2.12. The minimum absolute atomic E-state index is 0.0911. The lowest BCUT2D eigenvalue weighted by atomic mass is 10.3. The van der Waals surface area contributed by atoms with Crippen molar-refractivity contribution >= 4 is 21.4 Å². The molecule has 0 heterocycles. The zero-order valence-electron chi connectivity index (χ0n) is 13.0. The average Bonchev–Trinajstić information content (AvgIpc) is 2.63. The minimum Gasteiger partial charge on any atom is -0.761 e. The Morgan fingerprint density at radius 2 is 1.40 bits per heavy atom. The lowest BCUT2D eigenvalue weighted by molar-refractivity contribution is 0.482. The van der Waals surface area contributed by atoms with E-state index in [0.29, 0.717) is 17.2 Å². The summed E-state index contributed by atoms with van der Waals surface area (Å²) in [5, 5.41) is 10.7. The Labute approximate surface area is 145 Å². The summed E-state index contributed by atoms with van der Waals surface area (Å²) in [5.74, 6) is 1.20. The standard InChI is InChI=1S/C18H15N2O4S/c21-19-14-5-4-6-15(13-14)20-25(22,23)18-11-9-17(10-12-18)24-16-7-2-1-3-8-16/h1-13,19-20H/q-1. The Bertz CT molecular complexity index is 942. The van der Waals surface area contributed by atoms with Crippen molar-refractivity contribution in [3.05, 3.63) is 84.1 Å². The molecule has 0 aliphatic rings. The van der Waals surface area contributed by atoms with Gasteiger partial charge in [0.05, 0.1) is 10.6 Å². The molecule has 0 fully saturated rings. The monoisotopic (exact) mass is 355 g/mol. The van der Waals surface area contributed by atoms with Gasteiger partial charge in [-0.2, -0.15) is 0 Å². The van der Waals surface area contributed by atoms with Crippen molar-refractivity contribution in [3.8, 4) is 11.5 Å². The number of hydrogen-bond acceptors (Lipinski definition) is 5. The molecule has 0 unspecified atom stereocenters. The second-order valence-corrected chi connectivity index (χ2v) is 6.86. The molecule has 0 spiro atoms. The van der Waals surface area contributed by atoms with Gasteiger partial charge in [-0.15, -0.1) is 0 Å². The van der Waals surface area contributed by atoms with Crippen LogP contribution in [0.25, 0.3) is 0 Å². The van der Waals surface area contributed by atoms with Crippen molar-refractivity contribution in [1.29, 1.82) is 0 Å². The van der Waals surface area contributed by atoms with Gasteiger partial charge in [-0.3, -0.25) is 4.72 Å². The second kappa shape index (κ2) is 7.25. The van der Waals surface area contributed by atoms with Crippen molar-refractivity contribution in [1.82, 2.24) is 0 Å². The normalized spacial score (nSPS) is 10.9. The van der Waals surface area contributed by atoms with Crippen LogP contribution in [0.3, 0.4) is 0 Å². The van der Waals surface area contributed by atoms with Gasteiger partial charge in [0.2, 0.25) is 0 Å². The number of sulfonamides is 1. The molecule has 0 aliphatic carbocycles. The molecule has 3 aromatic carbocycles. The van der Waals surface area contributed by atoms with Gasteiger partial charge in [0.1, 0.15) is 11.5 Å². The highest BCUT2D eigenvalue weighted by Crippen LogP contribution is 2.24. The van der Waals surface area contributed by atoms with E-state index in [2.05, 4.69) is 4.72 Å². The van der Waals surface area contributed by atoms with E-state index in [-0.39, 0.29) is 10.6 Å². The van der Waals surface area contributed by atoms with Crippen molar-refractivity contribution in [2.75, 3.05) is 10.2 Å². The predicted molar refractivity (Wildman–Crippen MR) is 97.2 cm³/mol. The molecular weight excluding hydrogens is 340 g/mol. The first-order chi connectivity index (χ1) is 12.1. The third-order valence-corrected chi connectivity index (χ3v) is 4.74. The zero-order valence-corrected chi connectivity index (χ0v) is 13.9. The van der Waals surface area contributed by atoms with Gasteiger partial charge >= 0.3 is 0 Å². The number of anilines is 2. The molecule has 3 aromatic rings. The highest BCUT2D eigenvalue weighted by molar-refractivity contribution is 7.92. The Hall–Kier alpha value is -3.03. The number of hydrogen-bond donors (Lipinski definition) is 2. The fourth-order valence-corrected chi connectivity index (χ4v) is 3.22. The summed E-state index contributed by atoms with van der Waals surface area (Å²) in [5.41, 5.74) is 2.29. The highest BCUT2D eigenvalue weighted by atomic mass is 32.2. The summed E-state index contributed by atoms with van der Waals surface area (Å²) in [6.45, 7) is 0. The quantitative estimate of drug-likeness (QED) is 0.647. The van der Waals surface area contributed by atoms with Crippen LogP contribution < -0.4 is 14.9 Å². The van der Waals surface area contributed by atoms with Crippen LogP contribution in [-0.4, -0.2) is 8.42 Å². The molecule has 0 saturated carbocycles. The molecule has 6 nitrogen and oxygen atoms in total. The number of rotatable bonds is 6. The maximum Gasteiger partial charge on any atom is 0.261 e. The molecule has 7 heteroatoms. The van der Waals surface area contributed by atoms with Gasteiger partial charge in [-0.1, -0.05) is 24.3 Å². The number of ether oxygens (including phenoxy) is 1. The van der Waals surface area contributed by atoms with E-state index in [1.165, 1.54) is 18.2 Å². The molecule has 0 aromatic heterocycles. The van der Waals surface area contributed by atoms with Crippen molar-refractivity contribution in [3.63, 3.8) is 0 Å². The molecule has 128 valence electrons. The third-order valence-electron chi connectivity index (χ3n) is 3.35. The minimum atomic E-state index is -3.76. The number of nitrogens with one attached hydrogen (secondary N) is 2. The molecule has 0 saturated heterocycles. The average molecular weight is 355 g/mol. The molecule has 2 N–H and O–H groups in total. The van der Waals surface area contributed by atoms with Crippen LogP contribution in [0, 0.1) is 5.21 Å². The molecule has 0 amide bonds. The summed E-state index contributed by atoms with van der Waals surface area (Å²) >= 11 is 0. The van der Waals surface area contributed by atoms with Crippen LogP contribution in [0.1, 0.15) is 0 Å². The van der Waals surface area contributed by atoms with Gasteiger partial charge in [0.15, 0.2) is 0 Å². The molecule has 25 heavy (non-hydrogen) atoms. The van der Waals surface area contributed by atoms with Gasteiger partial charge in [-0.05, 0) is 54.6 Å². The predicted octanol–water partition coefficient (Wildman–Crippen LogP) is 4.19. The van der Waals surface area contributed by atoms with E-state index in [4.69, 9.17) is 4.74 Å². The van der Waals surface area contributed by atoms with Gasteiger partial charge in [0.25, 0.3) is 10.0 Å². The largest absolute Gasteiger partial charge is 0.761 e. The van der Waals surface area contributed by atoms with E-state index in [9.17, 15) is 13.6 Å². The molecule has 0 aliphatic heterocycles. The van der Waals surface area contributed by atoms with E-state index < -0.39 is 10.0 Å². The van der Waals surface area contributed by atoms with E-state index in [1.807, 2.05) is 30.3 Å². The van der Waals surface area contributed by atoms with E-state index >= 15 is 0 Å². The third kappa shape index (κ3) is 4.28. The summed E-state index contributed by atoms with van der Waals surface area (Å²) in [6.07, 6.45) is 0. The molecular formula is C18H15N2O4S-. The Morgan fingerprint density at radius 3 is 2.08 bits per heavy atom. The molecule has 0 atom stereocenters. The second-order valence-electron chi connectivity index (χ2n) is 5.17. The van der Waals surface area contributed by atoms with Crippen molar-refractivity contribution < 1.29 is 13.2 Å². The number of benzene rings is 3. The summed E-state index contributed by atoms with van der Waals surface area (Å²) in [4.78, 5) is 0.0911. The van der Waals surface area contributed by atoms with Crippen LogP contribution in [0.2, 0.25) is 0 Å². The molecule has 0 bridgehead atoms. The fraction of sp³-hybridized carbons (Fsp3) is 0. The summed E-state index contributed by atoms with van der Waals surface area (Å²) in [6, 6.07) is 21.4. The maximum atomic E-state index is 12.4. The first-order valence-corrected chi connectivity index (χ1v) is 8.89. The van der Waals surface area contributed by atoms with Gasteiger partial charge in [0, 0.05) is 5.69 Å². The van der Waals surface area contributed by atoms with Crippen LogP contribution in [-0.2, 0) is 10.0 Å². The van der Waals surface area contributed by atoms with Gasteiger partial charge < -0.3 is 15.4 Å². The topological polar surface area (TPSA) is 90.5 Å². The van der Waals surface area contributed by atoms with Crippen LogP contribution in [0.4, 0.5) is 11.4 Å². The number of para-hydroxylation sites is 1. The van der Waals surface area contributed by atoms with Crippen LogP contribution in [0.5, 0.6) is 11.5 Å². The lowest BCUT2D eigenvalue weighted by Gasteiger charge is -2.13. The molecule has 0 radical (unpaired) electrons. The summed E-state index contributed by atoms with van der Waals surface area (Å²) < 4.78 is 32.9. The smallest absolute Gasteiger partial charge is 0.261 e. The first-order valence-electron chi connectivity index (χ1n) is 7.41. The van der Waals surface area contributed by atoms with Crippen LogP contribution >= 0.6 is 0 Å². The van der Waals surface area contributed by atoms with Crippen LogP contribution in [0.15, 0.2) is 83.8 Å². The summed E-state index contributed by atoms with van der Waals surface area (Å²) in [7, 11) is -3.76.